The highest BCUT2D eigenvalue weighted by Crippen LogP contribution is 2.41. The molecule has 1 aromatic rings. The molecule has 2 aliphatic rings. The number of hydrogen-bond donors (Lipinski definition) is 1. The summed E-state index contributed by atoms with van der Waals surface area (Å²) in [5, 5.41) is 13.3. The number of carbonyl (C=O) groups is 1. The van der Waals surface area contributed by atoms with Crippen LogP contribution < -0.4 is 0 Å². The Hall–Kier alpha value is -1.81. The Bertz CT molecular complexity index is 721. The molecular formula is C19H28F3N3O4. The van der Waals surface area contributed by atoms with Gasteiger partial charge in [0, 0.05) is 25.7 Å². The SMILES string of the molecule is CC(C)(C)c1cnn(C2COC3(CCN(C(=O)O[C@H](CO)C(F)(F)F)CC3)C2)c1. The van der Waals surface area contributed by atoms with Crippen molar-refractivity contribution in [1.29, 1.82) is 0 Å². The highest BCUT2D eigenvalue weighted by molar-refractivity contribution is 5.68. The molecule has 1 unspecified atom stereocenters. The lowest BCUT2D eigenvalue weighted by Crippen LogP contribution is -2.49. The predicted molar refractivity (Wildman–Crippen MR) is 97.5 cm³/mol. The van der Waals surface area contributed by atoms with E-state index in [0.717, 1.165) is 12.0 Å². The summed E-state index contributed by atoms with van der Waals surface area (Å²) >= 11 is 0. The average Bonchev–Trinajstić information content (AvgIpc) is 3.26. The summed E-state index contributed by atoms with van der Waals surface area (Å²) in [5.74, 6) is 0. The van der Waals surface area contributed by atoms with E-state index in [4.69, 9.17) is 9.84 Å². The van der Waals surface area contributed by atoms with Gasteiger partial charge < -0.3 is 19.5 Å². The number of halogens is 3. The molecule has 0 aromatic carbocycles. The van der Waals surface area contributed by atoms with Crippen LogP contribution in [-0.4, -0.2) is 70.1 Å². The van der Waals surface area contributed by atoms with Crippen molar-refractivity contribution < 1.29 is 32.5 Å². The van der Waals surface area contributed by atoms with Crippen LogP contribution in [0.3, 0.4) is 0 Å². The number of rotatable bonds is 3. The molecule has 0 radical (unpaired) electrons. The van der Waals surface area contributed by atoms with E-state index < -0.39 is 30.6 Å². The Morgan fingerprint density at radius 2 is 2.03 bits per heavy atom. The van der Waals surface area contributed by atoms with Crippen molar-refractivity contribution in [3.8, 4) is 0 Å². The van der Waals surface area contributed by atoms with E-state index >= 15 is 0 Å². The number of aliphatic hydroxyl groups excluding tert-OH is 1. The quantitative estimate of drug-likeness (QED) is 0.815. The molecule has 2 saturated heterocycles. The van der Waals surface area contributed by atoms with Crippen LogP contribution in [0.4, 0.5) is 18.0 Å². The largest absolute Gasteiger partial charge is 0.434 e. The Morgan fingerprint density at radius 1 is 1.38 bits per heavy atom. The number of piperidine rings is 1. The molecule has 1 spiro atoms. The van der Waals surface area contributed by atoms with Gasteiger partial charge in [0.1, 0.15) is 0 Å². The summed E-state index contributed by atoms with van der Waals surface area (Å²) in [6, 6.07) is 0.0913. The van der Waals surface area contributed by atoms with Crippen molar-refractivity contribution >= 4 is 6.09 Å². The minimum Gasteiger partial charge on any atom is -0.434 e. The first-order valence-corrected chi connectivity index (χ1v) is 9.75. The van der Waals surface area contributed by atoms with Crippen molar-refractivity contribution in [2.75, 3.05) is 26.3 Å². The third-order valence-electron chi connectivity index (χ3n) is 5.74. The van der Waals surface area contributed by atoms with E-state index in [1.807, 2.05) is 17.1 Å². The van der Waals surface area contributed by atoms with Crippen molar-refractivity contribution in [1.82, 2.24) is 14.7 Å². The third-order valence-corrected chi connectivity index (χ3v) is 5.74. The van der Waals surface area contributed by atoms with Gasteiger partial charge >= 0.3 is 12.3 Å². The number of likely N-dealkylation sites (tertiary alicyclic amines) is 1. The summed E-state index contributed by atoms with van der Waals surface area (Å²) in [5.41, 5.74) is 0.735. The predicted octanol–water partition coefficient (Wildman–Crippen LogP) is 3.04. The van der Waals surface area contributed by atoms with Crippen molar-refractivity contribution in [2.24, 2.45) is 0 Å². The number of nitrogens with zero attached hydrogens (tertiary/aromatic N) is 3. The number of aliphatic hydroxyl groups is 1. The Kier molecular flexibility index (Phi) is 5.88. The molecule has 2 fully saturated rings. The second-order valence-electron chi connectivity index (χ2n) is 8.89. The molecule has 164 valence electrons. The fourth-order valence-corrected chi connectivity index (χ4v) is 3.76. The van der Waals surface area contributed by atoms with E-state index in [2.05, 4.69) is 30.6 Å². The first-order valence-electron chi connectivity index (χ1n) is 9.75. The average molecular weight is 419 g/mol. The van der Waals surface area contributed by atoms with E-state index in [0.29, 0.717) is 19.4 Å². The summed E-state index contributed by atoms with van der Waals surface area (Å²) in [7, 11) is 0. The van der Waals surface area contributed by atoms with Crippen molar-refractivity contribution in [3.05, 3.63) is 18.0 Å². The fourth-order valence-electron chi connectivity index (χ4n) is 3.76. The molecule has 1 amide bonds. The zero-order chi connectivity index (χ0) is 21.4. The number of aromatic nitrogens is 2. The van der Waals surface area contributed by atoms with Gasteiger partial charge in [-0.2, -0.15) is 18.3 Å². The molecule has 7 nitrogen and oxygen atoms in total. The van der Waals surface area contributed by atoms with Crippen LogP contribution in [0.15, 0.2) is 12.4 Å². The van der Waals surface area contributed by atoms with Gasteiger partial charge in [-0.3, -0.25) is 4.68 Å². The van der Waals surface area contributed by atoms with Crippen LogP contribution in [0.1, 0.15) is 51.6 Å². The van der Waals surface area contributed by atoms with E-state index in [1.165, 1.54) is 4.90 Å². The number of ether oxygens (including phenoxy) is 2. The smallest absolute Gasteiger partial charge is 0.427 e. The number of carbonyl (C=O) groups excluding carboxylic acids is 1. The van der Waals surface area contributed by atoms with Crippen LogP contribution in [0, 0.1) is 0 Å². The van der Waals surface area contributed by atoms with Crippen molar-refractivity contribution in [3.63, 3.8) is 0 Å². The lowest BCUT2D eigenvalue weighted by Gasteiger charge is -2.38. The zero-order valence-corrected chi connectivity index (χ0v) is 16.9. The van der Waals surface area contributed by atoms with Gasteiger partial charge in [-0.05, 0) is 23.8 Å². The lowest BCUT2D eigenvalue weighted by molar-refractivity contribution is -0.215. The molecule has 0 aliphatic carbocycles. The highest BCUT2D eigenvalue weighted by Gasteiger charge is 2.46. The van der Waals surface area contributed by atoms with Crippen LogP contribution >= 0.6 is 0 Å². The van der Waals surface area contributed by atoms with Crippen LogP contribution in [0.2, 0.25) is 0 Å². The second-order valence-corrected chi connectivity index (χ2v) is 8.89. The number of amides is 1. The Morgan fingerprint density at radius 3 is 2.55 bits per heavy atom. The standard InChI is InChI=1S/C19H28F3N3O4/c1-17(2,3)13-9-23-25(10-13)14-8-18(28-12-14)4-6-24(7-5-18)16(27)29-15(11-26)19(20,21)22/h9-10,14-15,26H,4-8,11-12H2,1-3H3/t14?,15-/m1/s1. The topological polar surface area (TPSA) is 76.8 Å². The maximum Gasteiger partial charge on any atom is 0.427 e. The molecule has 0 bridgehead atoms. The van der Waals surface area contributed by atoms with Gasteiger partial charge in [0.2, 0.25) is 6.10 Å². The zero-order valence-electron chi connectivity index (χ0n) is 16.9. The molecule has 10 heteroatoms. The van der Waals surface area contributed by atoms with Crippen LogP contribution in [0.25, 0.3) is 0 Å². The normalized spacial score (nSPS) is 23.4. The molecule has 2 aliphatic heterocycles. The van der Waals surface area contributed by atoms with Crippen LogP contribution in [-0.2, 0) is 14.9 Å². The first kappa shape index (κ1) is 21.9. The Labute approximate surface area is 167 Å². The molecule has 29 heavy (non-hydrogen) atoms. The molecule has 2 atom stereocenters. The summed E-state index contributed by atoms with van der Waals surface area (Å²) < 4.78 is 50.5. The fraction of sp³-hybridized carbons (Fsp3) is 0.789. The molecule has 3 rings (SSSR count). The van der Waals surface area contributed by atoms with Gasteiger partial charge in [0.25, 0.3) is 0 Å². The molecule has 0 saturated carbocycles. The lowest BCUT2D eigenvalue weighted by atomic mass is 9.87. The van der Waals surface area contributed by atoms with Gasteiger partial charge in [0.05, 0.1) is 31.1 Å². The maximum absolute atomic E-state index is 12.7. The molecular weight excluding hydrogens is 391 g/mol. The summed E-state index contributed by atoms with van der Waals surface area (Å²) in [4.78, 5) is 13.3. The summed E-state index contributed by atoms with van der Waals surface area (Å²) in [6.07, 6.45) is -2.69. The van der Waals surface area contributed by atoms with Gasteiger partial charge in [0.15, 0.2) is 0 Å². The van der Waals surface area contributed by atoms with E-state index in [1.54, 1.807) is 0 Å². The van der Waals surface area contributed by atoms with Gasteiger partial charge in [-0.15, -0.1) is 0 Å². The third kappa shape index (κ3) is 4.85. The highest BCUT2D eigenvalue weighted by atomic mass is 19.4. The van der Waals surface area contributed by atoms with E-state index in [9.17, 15) is 18.0 Å². The van der Waals surface area contributed by atoms with Crippen LogP contribution in [0.5, 0.6) is 0 Å². The molecule has 1 N–H and O–H groups in total. The minimum atomic E-state index is -4.79. The molecule has 3 heterocycles. The minimum absolute atomic E-state index is 0.00391. The van der Waals surface area contributed by atoms with E-state index in [-0.39, 0.29) is 24.5 Å². The molecule has 1 aromatic heterocycles. The maximum atomic E-state index is 12.7. The second kappa shape index (κ2) is 7.79. The Balaban J connectivity index is 1.55. The van der Waals surface area contributed by atoms with Gasteiger partial charge in [-0.1, -0.05) is 20.8 Å². The summed E-state index contributed by atoms with van der Waals surface area (Å²) in [6.45, 7) is 6.07. The van der Waals surface area contributed by atoms with Gasteiger partial charge in [-0.25, -0.2) is 4.79 Å². The number of hydrogen-bond acceptors (Lipinski definition) is 5. The number of alkyl halides is 3. The monoisotopic (exact) mass is 419 g/mol. The van der Waals surface area contributed by atoms with Crippen molar-refractivity contribution in [2.45, 2.75) is 69.4 Å². The first-order chi connectivity index (χ1) is 13.4.